The zero-order chi connectivity index (χ0) is 14.7. The standard InChI is InChI=1S/C15H16ClNO3/c1-10(12-5-3-4-6-13(12)16)17(2)8-11-7-14(18)15(19)9-20-11/h3-7,9-10,19H,8H2,1-2H3/t10-/m1/s1. The lowest BCUT2D eigenvalue weighted by Crippen LogP contribution is -2.22. The molecule has 1 atom stereocenters. The van der Waals surface area contributed by atoms with E-state index in [-0.39, 0.29) is 11.8 Å². The maximum atomic E-state index is 11.4. The van der Waals surface area contributed by atoms with Gasteiger partial charge in [0.05, 0.1) is 6.54 Å². The van der Waals surface area contributed by atoms with Gasteiger partial charge in [0.1, 0.15) is 12.0 Å². The largest absolute Gasteiger partial charge is 0.502 e. The summed E-state index contributed by atoms with van der Waals surface area (Å²) in [5.41, 5.74) is 0.572. The first-order valence-corrected chi connectivity index (χ1v) is 6.62. The number of aromatic hydroxyl groups is 1. The molecule has 0 saturated carbocycles. The summed E-state index contributed by atoms with van der Waals surface area (Å²) in [6, 6.07) is 9.01. The van der Waals surface area contributed by atoms with Gasteiger partial charge in [-0.05, 0) is 25.6 Å². The molecule has 0 unspecified atom stereocenters. The minimum atomic E-state index is -0.440. The second-order valence-electron chi connectivity index (χ2n) is 4.71. The van der Waals surface area contributed by atoms with Crippen LogP contribution in [0.2, 0.25) is 5.02 Å². The second-order valence-corrected chi connectivity index (χ2v) is 5.12. The molecule has 106 valence electrons. The third-order valence-electron chi connectivity index (χ3n) is 3.29. The Morgan fingerprint density at radius 3 is 2.75 bits per heavy atom. The highest BCUT2D eigenvalue weighted by molar-refractivity contribution is 6.31. The number of halogens is 1. The molecule has 0 radical (unpaired) electrons. The Morgan fingerprint density at radius 2 is 2.10 bits per heavy atom. The number of rotatable bonds is 4. The summed E-state index contributed by atoms with van der Waals surface area (Å²) >= 11 is 6.18. The van der Waals surface area contributed by atoms with E-state index in [4.69, 9.17) is 21.1 Å². The fourth-order valence-electron chi connectivity index (χ4n) is 1.96. The summed E-state index contributed by atoms with van der Waals surface area (Å²) in [6.45, 7) is 2.47. The van der Waals surface area contributed by atoms with Gasteiger partial charge in [0.15, 0.2) is 5.75 Å². The molecule has 1 heterocycles. The lowest BCUT2D eigenvalue weighted by atomic mass is 10.1. The van der Waals surface area contributed by atoms with Gasteiger partial charge < -0.3 is 9.52 Å². The molecule has 0 aliphatic heterocycles. The first-order chi connectivity index (χ1) is 9.49. The van der Waals surface area contributed by atoms with E-state index in [0.717, 1.165) is 11.8 Å². The molecular weight excluding hydrogens is 278 g/mol. The fourth-order valence-corrected chi connectivity index (χ4v) is 2.25. The molecule has 20 heavy (non-hydrogen) atoms. The molecule has 0 saturated heterocycles. The molecule has 2 aromatic rings. The molecule has 5 heteroatoms. The van der Waals surface area contributed by atoms with E-state index in [9.17, 15) is 4.79 Å². The molecule has 4 nitrogen and oxygen atoms in total. The van der Waals surface area contributed by atoms with E-state index in [2.05, 4.69) is 0 Å². The van der Waals surface area contributed by atoms with Gasteiger partial charge in [-0.1, -0.05) is 29.8 Å². The van der Waals surface area contributed by atoms with E-state index in [1.54, 1.807) is 0 Å². The molecule has 1 aromatic heterocycles. The number of hydrogen-bond acceptors (Lipinski definition) is 4. The van der Waals surface area contributed by atoms with Crippen LogP contribution in [0.3, 0.4) is 0 Å². The predicted molar refractivity (Wildman–Crippen MR) is 78.0 cm³/mol. The van der Waals surface area contributed by atoms with Gasteiger partial charge in [0, 0.05) is 17.1 Å². The Morgan fingerprint density at radius 1 is 1.40 bits per heavy atom. The zero-order valence-electron chi connectivity index (χ0n) is 11.3. The molecule has 0 fully saturated rings. The van der Waals surface area contributed by atoms with Crippen molar-refractivity contribution in [2.24, 2.45) is 0 Å². The zero-order valence-corrected chi connectivity index (χ0v) is 12.1. The summed E-state index contributed by atoms with van der Waals surface area (Å²) in [5.74, 6) is 0.116. The highest BCUT2D eigenvalue weighted by atomic mass is 35.5. The maximum absolute atomic E-state index is 11.4. The Kier molecular flexibility index (Phi) is 4.47. The third-order valence-corrected chi connectivity index (χ3v) is 3.63. The van der Waals surface area contributed by atoms with Crippen LogP contribution in [0.15, 0.2) is 45.8 Å². The molecule has 2 rings (SSSR count). The van der Waals surface area contributed by atoms with Gasteiger partial charge in [-0.15, -0.1) is 0 Å². The summed E-state index contributed by atoms with van der Waals surface area (Å²) in [4.78, 5) is 13.4. The van der Waals surface area contributed by atoms with Crippen LogP contribution in [-0.4, -0.2) is 17.1 Å². The van der Waals surface area contributed by atoms with Crippen molar-refractivity contribution in [1.29, 1.82) is 0 Å². The van der Waals surface area contributed by atoms with Gasteiger partial charge in [0.2, 0.25) is 5.43 Å². The average molecular weight is 294 g/mol. The molecule has 1 aromatic carbocycles. The van der Waals surface area contributed by atoms with Crippen LogP contribution in [0.4, 0.5) is 0 Å². The van der Waals surface area contributed by atoms with Crippen molar-refractivity contribution in [3.05, 3.63) is 63.2 Å². The van der Waals surface area contributed by atoms with Gasteiger partial charge in [-0.2, -0.15) is 0 Å². The Bertz CT molecular complexity index is 654. The topological polar surface area (TPSA) is 53.7 Å². The van der Waals surface area contributed by atoms with Crippen molar-refractivity contribution < 1.29 is 9.52 Å². The van der Waals surface area contributed by atoms with Gasteiger partial charge in [-0.3, -0.25) is 9.69 Å². The van der Waals surface area contributed by atoms with Crippen molar-refractivity contribution in [3.8, 4) is 5.75 Å². The number of nitrogens with zero attached hydrogens (tertiary/aromatic N) is 1. The Labute approximate surface area is 122 Å². The second kappa shape index (κ2) is 6.11. The number of hydrogen-bond donors (Lipinski definition) is 1. The summed E-state index contributed by atoms with van der Waals surface area (Å²) in [7, 11) is 1.92. The lowest BCUT2D eigenvalue weighted by Gasteiger charge is -2.25. The maximum Gasteiger partial charge on any atom is 0.226 e. The van der Waals surface area contributed by atoms with Crippen molar-refractivity contribution in [2.75, 3.05) is 7.05 Å². The van der Waals surface area contributed by atoms with Gasteiger partial charge >= 0.3 is 0 Å². The quantitative estimate of drug-likeness (QED) is 0.940. The van der Waals surface area contributed by atoms with Crippen LogP contribution in [0.25, 0.3) is 0 Å². The van der Waals surface area contributed by atoms with Gasteiger partial charge in [0.25, 0.3) is 0 Å². The minimum Gasteiger partial charge on any atom is -0.502 e. The smallest absolute Gasteiger partial charge is 0.226 e. The van der Waals surface area contributed by atoms with E-state index in [1.165, 1.54) is 6.07 Å². The van der Waals surface area contributed by atoms with Crippen LogP contribution in [0.1, 0.15) is 24.3 Å². The summed E-state index contributed by atoms with van der Waals surface area (Å²) in [5, 5.41) is 9.87. The Balaban J connectivity index is 2.15. The molecule has 0 aliphatic rings. The van der Waals surface area contributed by atoms with Crippen molar-refractivity contribution in [3.63, 3.8) is 0 Å². The summed E-state index contributed by atoms with van der Waals surface area (Å²) in [6.07, 6.45) is 1.06. The molecule has 0 amide bonds. The van der Waals surface area contributed by atoms with Crippen LogP contribution < -0.4 is 5.43 Å². The molecule has 0 spiro atoms. The van der Waals surface area contributed by atoms with Crippen molar-refractivity contribution in [1.82, 2.24) is 4.90 Å². The van der Waals surface area contributed by atoms with Crippen LogP contribution in [0, 0.1) is 0 Å². The third kappa shape index (κ3) is 3.21. The normalized spacial score (nSPS) is 12.6. The molecular formula is C15H16ClNO3. The predicted octanol–water partition coefficient (Wildman–Crippen LogP) is 3.19. The minimum absolute atomic E-state index is 0.0720. The molecule has 1 N–H and O–H groups in total. The summed E-state index contributed by atoms with van der Waals surface area (Å²) < 4.78 is 5.20. The highest BCUT2D eigenvalue weighted by Crippen LogP contribution is 2.27. The van der Waals surface area contributed by atoms with Crippen molar-refractivity contribution >= 4 is 11.6 Å². The van der Waals surface area contributed by atoms with E-state index < -0.39 is 5.43 Å². The number of benzene rings is 1. The fraction of sp³-hybridized carbons (Fsp3) is 0.267. The lowest BCUT2D eigenvalue weighted by molar-refractivity contribution is 0.229. The monoisotopic (exact) mass is 293 g/mol. The van der Waals surface area contributed by atoms with E-state index in [0.29, 0.717) is 17.3 Å². The van der Waals surface area contributed by atoms with E-state index >= 15 is 0 Å². The first-order valence-electron chi connectivity index (χ1n) is 6.24. The molecule has 0 bridgehead atoms. The molecule has 0 aliphatic carbocycles. The van der Waals surface area contributed by atoms with Crippen LogP contribution >= 0.6 is 11.6 Å². The Hall–Kier alpha value is -1.78. The SMILES string of the molecule is C[C@H](c1ccccc1Cl)N(C)Cc1cc(=O)c(O)co1. The van der Waals surface area contributed by atoms with Crippen molar-refractivity contribution in [2.45, 2.75) is 19.5 Å². The highest BCUT2D eigenvalue weighted by Gasteiger charge is 2.15. The van der Waals surface area contributed by atoms with E-state index in [1.807, 2.05) is 43.1 Å². The van der Waals surface area contributed by atoms with Crippen LogP contribution in [0.5, 0.6) is 5.75 Å². The average Bonchev–Trinajstić information content (AvgIpc) is 2.42. The van der Waals surface area contributed by atoms with Crippen LogP contribution in [-0.2, 0) is 6.54 Å². The first kappa shape index (κ1) is 14.6. The van der Waals surface area contributed by atoms with Gasteiger partial charge in [-0.25, -0.2) is 0 Å².